The lowest BCUT2D eigenvalue weighted by Crippen LogP contribution is -2.51. The van der Waals surface area contributed by atoms with Gasteiger partial charge in [0, 0.05) is 24.5 Å². The van der Waals surface area contributed by atoms with Crippen LogP contribution >= 0.6 is 11.6 Å². The Kier molecular flexibility index (Phi) is 9.50. The summed E-state index contributed by atoms with van der Waals surface area (Å²) in [6, 6.07) is 36.3. The van der Waals surface area contributed by atoms with Crippen molar-refractivity contribution in [3.8, 4) is 0 Å². The molecular formula is C32H31ClN2O2. The van der Waals surface area contributed by atoms with Crippen LogP contribution in [0.3, 0.4) is 0 Å². The second-order valence-electron chi connectivity index (χ2n) is 9.04. The molecular weight excluding hydrogens is 480 g/mol. The van der Waals surface area contributed by atoms with E-state index in [0.29, 0.717) is 24.5 Å². The van der Waals surface area contributed by atoms with E-state index in [4.69, 9.17) is 11.6 Å². The zero-order valence-electron chi connectivity index (χ0n) is 20.7. The Morgan fingerprint density at radius 3 is 1.81 bits per heavy atom. The molecule has 0 saturated heterocycles. The summed E-state index contributed by atoms with van der Waals surface area (Å²) in [7, 11) is 0. The molecule has 0 aliphatic carbocycles. The van der Waals surface area contributed by atoms with E-state index in [-0.39, 0.29) is 18.2 Å². The maximum atomic E-state index is 13.7. The van der Waals surface area contributed by atoms with E-state index in [1.165, 1.54) is 0 Å². The van der Waals surface area contributed by atoms with Crippen molar-refractivity contribution in [2.75, 3.05) is 6.54 Å². The van der Waals surface area contributed by atoms with E-state index in [0.717, 1.165) is 28.7 Å². The third-order valence-electron chi connectivity index (χ3n) is 6.29. The zero-order chi connectivity index (χ0) is 25.9. The third-order valence-corrected chi connectivity index (χ3v) is 6.54. The first-order valence-electron chi connectivity index (χ1n) is 12.5. The minimum atomic E-state index is -0.654. The van der Waals surface area contributed by atoms with Gasteiger partial charge in [-0.2, -0.15) is 0 Å². The summed E-state index contributed by atoms with van der Waals surface area (Å²) in [5.74, 6) is -0.259. The van der Waals surface area contributed by atoms with Crippen LogP contribution in [-0.2, 0) is 35.4 Å². The average molecular weight is 511 g/mol. The van der Waals surface area contributed by atoms with Crippen LogP contribution in [0.4, 0.5) is 0 Å². The Bertz CT molecular complexity index is 1260. The summed E-state index contributed by atoms with van der Waals surface area (Å²) in [6.07, 6.45) is 1.34. The van der Waals surface area contributed by atoms with Crippen molar-refractivity contribution in [3.05, 3.63) is 143 Å². The number of nitrogens with zero attached hydrogens (tertiary/aromatic N) is 1. The molecule has 0 aliphatic rings. The van der Waals surface area contributed by atoms with Crippen molar-refractivity contribution >= 4 is 23.4 Å². The summed E-state index contributed by atoms with van der Waals surface area (Å²) in [4.78, 5) is 29.1. The van der Waals surface area contributed by atoms with E-state index in [1.54, 1.807) is 17.0 Å². The monoisotopic (exact) mass is 510 g/mol. The van der Waals surface area contributed by atoms with Gasteiger partial charge in [-0.1, -0.05) is 115 Å². The second-order valence-corrected chi connectivity index (χ2v) is 9.48. The van der Waals surface area contributed by atoms with E-state index < -0.39 is 6.04 Å². The minimum absolute atomic E-state index is 0.106. The fourth-order valence-corrected chi connectivity index (χ4v) is 4.43. The summed E-state index contributed by atoms with van der Waals surface area (Å²) in [5.41, 5.74) is 3.99. The highest BCUT2D eigenvalue weighted by molar-refractivity contribution is 6.30. The number of amides is 2. The molecule has 0 fully saturated rings. The SMILES string of the molecule is O=C(NCCc1ccccc1)[C@H](Cc1ccccc1)N(Cc1ccccc1)C(=O)Cc1ccc(Cl)cc1. The maximum Gasteiger partial charge on any atom is 0.243 e. The van der Waals surface area contributed by atoms with Gasteiger partial charge < -0.3 is 10.2 Å². The number of hydrogen-bond donors (Lipinski definition) is 1. The lowest BCUT2D eigenvalue weighted by atomic mass is 10.0. The highest BCUT2D eigenvalue weighted by Crippen LogP contribution is 2.18. The Morgan fingerprint density at radius 2 is 1.22 bits per heavy atom. The molecule has 0 spiro atoms. The Morgan fingerprint density at radius 1 is 0.676 bits per heavy atom. The Balaban J connectivity index is 1.58. The van der Waals surface area contributed by atoms with Crippen molar-refractivity contribution in [2.24, 2.45) is 0 Å². The van der Waals surface area contributed by atoms with Crippen molar-refractivity contribution < 1.29 is 9.59 Å². The molecule has 1 N–H and O–H groups in total. The summed E-state index contributed by atoms with van der Waals surface area (Å²) in [6.45, 7) is 0.843. The van der Waals surface area contributed by atoms with E-state index >= 15 is 0 Å². The molecule has 0 aliphatic heterocycles. The molecule has 4 aromatic rings. The van der Waals surface area contributed by atoms with Gasteiger partial charge >= 0.3 is 0 Å². The van der Waals surface area contributed by atoms with Crippen molar-refractivity contribution in [3.63, 3.8) is 0 Å². The predicted octanol–water partition coefficient (Wildman–Crippen LogP) is 5.88. The molecule has 0 saturated carbocycles. The van der Waals surface area contributed by atoms with Crippen LogP contribution in [0, 0.1) is 0 Å². The van der Waals surface area contributed by atoms with Gasteiger partial charge in [-0.25, -0.2) is 0 Å². The van der Waals surface area contributed by atoms with Gasteiger partial charge in [0.2, 0.25) is 11.8 Å². The normalized spacial score (nSPS) is 11.5. The highest BCUT2D eigenvalue weighted by atomic mass is 35.5. The van der Waals surface area contributed by atoms with Crippen LogP contribution < -0.4 is 5.32 Å². The zero-order valence-corrected chi connectivity index (χ0v) is 21.5. The molecule has 2 amide bonds. The molecule has 4 nitrogen and oxygen atoms in total. The molecule has 4 aromatic carbocycles. The van der Waals surface area contributed by atoms with Crippen LogP contribution in [0.5, 0.6) is 0 Å². The van der Waals surface area contributed by atoms with Crippen molar-refractivity contribution in [1.82, 2.24) is 10.2 Å². The fraction of sp³-hybridized carbons (Fsp3) is 0.188. The average Bonchev–Trinajstić information content (AvgIpc) is 2.93. The molecule has 0 heterocycles. The molecule has 0 bridgehead atoms. The van der Waals surface area contributed by atoms with Crippen LogP contribution in [0.15, 0.2) is 115 Å². The van der Waals surface area contributed by atoms with Crippen LogP contribution in [0.2, 0.25) is 5.02 Å². The molecule has 0 radical (unpaired) electrons. The molecule has 188 valence electrons. The molecule has 0 aromatic heterocycles. The highest BCUT2D eigenvalue weighted by Gasteiger charge is 2.30. The van der Waals surface area contributed by atoms with Gasteiger partial charge in [0.05, 0.1) is 6.42 Å². The first-order valence-corrected chi connectivity index (χ1v) is 12.9. The lowest BCUT2D eigenvalue weighted by molar-refractivity contribution is -0.140. The standard InChI is InChI=1S/C32H31ClN2O2/c33-29-18-16-27(17-19-29)23-31(36)35(24-28-14-8-3-9-15-28)30(22-26-12-6-2-7-13-26)32(37)34-21-20-25-10-4-1-5-11-25/h1-19,30H,20-24H2,(H,34,37)/t30-/m0/s1. The molecule has 4 rings (SSSR count). The Labute approximate surface area is 223 Å². The number of carbonyl (C=O) groups excluding carboxylic acids is 2. The largest absolute Gasteiger partial charge is 0.354 e. The number of carbonyl (C=O) groups is 2. The van der Waals surface area contributed by atoms with Gasteiger partial charge in [0.15, 0.2) is 0 Å². The Hall–Kier alpha value is -3.89. The quantitative estimate of drug-likeness (QED) is 0.274. The van der Waals surface area contributed by atoms with Crippen molar-refractivity contribution in [2.45, 2.75) is 31.8 Å². The van der Waals surface area contributed by atoms with Gasteiger partial charge in [-0.15, -0.1) is 0 Å². The third kappa shape index (κ3) is 8.06. The second kappa shape index (κ2) is 13.4. The van der Waals surface area contributed by atoms with Gasteiger partial charge in [-0.05, 0) is 40.8 Å². The lowest BCUT2D eigenvalue weighted by Gasteiger charge is -2.31. The first kappa shape index (κ1) is 26.2. The van der Waals surface area contributed by atoms with E-state index in [9.17, 15) is 9.59 Å². The predicted molar refractivity (Wildman–Crippen MR) is 149 cm³/mol. The number of benzene rings is 4. The van der Waals surface area contributed by atoms with E-state index in [2.05, 4.69) is 5.32 Å². The topological polar surface area (TPSA) is 49.4 Å². The molecule has 1 atom stereocenters. The molecule has 5 heteroatoms. The summed E-state index contributed by atoms with van der Waals surface area (Å²) >= 11 is 6.04. The smallest absolute Gasteiger partial charge is 0.243 e. The van der Waals surface area contributed by atoms with E-state index in [1.807, 2.05) is 103 Å². The number of halogens is 1. The van der Waals surface area contributed by atoms with Crippen molar-refractivity contribution in [1.29, 1.82) is 0 Å². The fourth-order valence-electron chi connectivity index (χ4n) is 4.31. The molecule has 37 heavy (non-hydrogen) atoms. The van der Waals surface area contributed by atoms with Crippen LogP contribution in [-0.4, -0.2) is 29.3 Å². The van der Waals surface area contributed by atoms with Crippen LogP contribution in [0.1, 0.15) is 22.3 Å². The number of nitrogens with one attached hydrogen (secondary N) is 1. The number of rotatable bonds is 11. The minimum Gasteiger partial charge on any atom is -0.354 e. The molecule has 0 unspecified atom stereocenters. The maximum absolute atomic E-state index is 13.7. The van der Waals surface area contributed by atoms with Gasteiger partial charge in [-0.3, -0.25) is 9.59 Å². The number of hydrogen-bond acceptors (Lipinski definition) is 2. The summed E-state index contributed by atoms with van der Waals surface area (Å²) in [5, 5.41) is 3.72. The van der Waals surface area contributed by atoms with Crippen LogP contribution in [0.25, 0.3) is 0 Å². The first-order chi connectivity index (χ1) is 18.1. The van der Waals surface area contributed by atoms with Gasteiger partial charge in [0.1, 0.15) is 6.04 Å². The summed E-state index contributed by atoms with van der Waals surface area (Å²) < 4.78 is 0. The van der Waals surface area contributed by atoms with Gasteiger partial charge in [0.25, 0.3) is 0 Å².